The Morgan fingerprint density at radius 3 is 2.61 bits per heavy atom. The number of carbonyl (C=O) groups excluding carboxylic acids is 1. The Hall–Kier alpha value is -2.46. The van der Waals surface area contributed by atoms with Gasteiger partial charge >= 0.3 is 0 Å². The molecule has 3 heterocycles. The van der Waals surface area contributed by atoms with E-state index < -0.39 is 0 Å². The fraction of sp³-hybridized carbons (Fsp3) is 0.375. The minimum Gasteiger partial charge on any atom is -0.350 e. The number of aryl methyl sites for hydroxylation is 1. The van der Waals surface area contributed by atoms with E-state index in [-0.39, 0.29) is 5.91 Å². The molecule has 0 saturated carbocycles. The number of nitriles is 1. The molecule has 0 spiro atoms. The molecule has 6 nitrogen and oxygen atoms in total. The molecule has 0 aromatic carbocycles. The average molecular weight is 327 g/mol. The van der Waals surface area contributed by atoms with Crippen molar-refractivity contribution in [3.8, 4) is 6.07 Å². The van der Waals surface area contributed by atoms with Crippen LogP contribution in [0.2, 0.25) is 0 Å². The topological polar surface area (TPSA) is 73.1 Å². The summed E-state index contributed by atoms with van der Waals surface area (Å²) in [6.45, 7) is 6.30. The Labute approximate surface area is 139 Å². The smallest absolute Gasteiger partial charge is 0.264 e. The van der Waals surface area contributed by atoms with Gasteiger partial charge in [-0.05, 0) is 30.9 Å². The monoisotopic (exact) mass is 327 g/mol. The highest BCUT2D eigenvalue weighted by atomic mass is 32.1. The molecule has 2 aromatic heterocycles. The Balaban J connectivity index is 1.74. The van der Waals surface area contributed by atoms with Crippen molar-refractivity contribution in [1.29, 1.82) is 5.26 Å². The maximum atomic E-state index is 12.4. The minimum absolute atomic E-state index is 0.0753. The number of anilines is 1. The van der Waals surface area contributed by atoms with Crippen LogP contribution in [0.4, 0.5) is 5.82 Å². The van der Waals surface area contributed by atoms with E-state index in [9.17, 15) is 10.1 Å². The third-order valence-corrected chi connectivity index (χ3v) is 5.00. The van der Waals surface area contributed by atoms with Gasteiger partial charge < -0.3 is 9.80 Å². The van der Waals surface area contributed by atoms with E-state index in [1.54, 1.807) is 0 Å². The second-order valence-electron chi connectivity index (χ2n) is 5.48. The number of piperazine rings is 1. The minimum atomic E-state index is 0.0753. The van der Waals surface area contributed by atoms with Crippen molar-refractivity contribution in [2.45, 2.75) is 13.8 Å². The van der Waals surface area contributed by atoms with Crippen LogP contribution in [0.1, 0.15) is 26.5 Å². The third kappa shape index (κ3) is 2.90. The Morgan fingerprint density at radius 1 is 1.26 bits per heavy atom. The normalized spacial score (nSPS) is 14.7. The number of carbonyl (C=O) groups is 1. The van der Waals surface area contributed by atoms with Gasteiger partial charge in [0.25, 0.3) is 5.91 Å². The molecule has 1 saturated heterocycles. The van der Waals surface area contributed by atoms with Crippen molar-refractivity contribution in [2.75, 3.05) is 31.1 Å². The molecule has 1 aliphatic heterocycles. The lowest BCUT2D eigenvalue weighted by Gasteiger charge is -2.35. The predicted octanol–water partition coefficient (Wildman–Crippen LogP) is 1.99. The Kier molecular flexibility index (Phi) is 4.26. The van der Waals surface area contributed by atoms with Gasteiger partial charge in [-0.3, -0.25) is 4.79 Å². The summed E-state index contributed by atoms with van der Waals surface area (Å²) in [5.41, 5.74) is 2.22. The summed E-state index contributed by atoms with van der Waals surface area (Å²) in [7, 11) is 0. The van der Waals surface area contributed by atoms with Crippen molar-refractivity contribution in [3.63, 3.8) is 0 Å². The first-order valence-corrected chi connectivity index (χ1v) is 8.31. The van der Waals surface area contributed by atoms with Crippen molar-refractivity contribution in [2.24, 2.45) is 0 Å². The van der Waals surface area contributed by atoms with Crippen molar-refractivity contribution < 1.29 is 4.79 Å². The van der Waals surface area contributed by atoms with Gasteiger partial charge in [-0.2, -0.15) is 10.4 Å². The highest BCUT2D eigenvalue weighted by Crippen LogP contribution is 2.23. The third-order valence-electron chi connectivity index (χ3n) is 4.15. The fourth-order valence-electron chi connectivity index (χ4n) is 2.63. The van der Waals surface area contributed by atoms with Crippen LogP contribution in [-0.4, -0.2) is 47.2 Å². The molecule has 0 aliphatic carbocycles. The highest BCUT2D eigenvalue weighted by molar-refractivity contribution is 7.12. The van der Waals surface area contributed by atoms with Crippen LogP contribution in [-0.2, 0) is 0 Å². The SMILES string of the molecule is Cc1nnc(N2CCN(C(=O)c3cccs3)CC2)c(C#N)c1C. The van der Waals surface area contributed by atoms with Crippen molar-refractivity contribution in [1.82, 2.24) is 15.1 Å². The zero-order valence-electron chi connectivity index (χ0n) is 13.1. The quantitative estimate of drug-likeness (QED) is 0.843. The van der Waals surface area contributed by atoms with Crippen LogP contribution in [0.15, 0.2) is 17.5 Å². The largest absolute Gasteiger partial charge is 0.350 e. The molecule has 7 heteroatoms. The molecule has 1 amide bonds. The number of hydrogen-bond acceptors (Lipinski definition) is 6. The highest BCUT2D eigenvalue weighted by Gasteiger charge is 2.25. The van der Waals surface area contributed by atoms with Gasteiger partial charge in [-0.1, -0.05) is 6.07 Å². The van der Waals surface area contributed by atoms with Crippen LogP contribution in [0.25, 0.3) is 0 Å². The van der Waals surface area contributed by atoms with Gasteiger partial charge in [0.2, 0.25) is 0 Å². The summed E-state index contributed by atoms with van der Waals surface area (Å²) in [5.74, 6) is 0.699. The summed E-state index contributed by atoms with van der Waals surface area (Å²) < 4.78 is 0. The van der Waals surface area contributed by atoms with E-state index in [1.807, 2.05) is 41.2 Å². The van der Waals surface area contributed by atoms with Crippen LogP contribution in [0.3, 0.4) is 0 Å². The lowest BCUT2D eigenvalue weighted by molar-refractivity contribution is 0.0751. The molecule has 3 rings (SSSR count). The Bertz CT molecular complexity index is 758. The molecule has 0 bridgehead atoms. The van der Waals surface area contributed by atoms with E-state index in [2.05, 4.69) is 16.3 Å². The molecule has 118 valence electrons. The van der Waals surface area contributed by atoms with Gasteiger partial charge in [0.1, 0.15) is 11.6 Å². The average Bonchev–Trinajstić information content (AvgIpc) is 3.11. The van der Waals surface area contributed by atoms with Crippen LogP contribution >= 0.6 is 11.3 Å². The first-order valence-electron chi connectivity index (χ1n) is 7.43. The molecule has 0 N–H and O–H groups in total. The molecule has 1 fully saturated rings. The first kappa shape index (κ1) is 15.4. The standard InChI is InChI=1S/C16H17N5OS/c1-11-12(2)18-19-15(13(11)10-17)20-5-7-21(8-6-20)16(22)14-4-3-9-23-14/h3-4,9H,5-8H2,1-2H3. The van der Waals surface area contributed by atoms with Crippen LogP contribution in [0, 0.1) is 25.2 Å². The zero-order chi connectivity index (χ0) is 16.4. The number of thiophene rings is 1. The van der Waals surface area contributed by atoms with E-state index in [0.29, 0.717) is 37.6 Å². The van der Waals surface area contributed by atoms with Crippen molar-refractivity contribution >= 4 is 23.1 Å². The maximum Gasteiger partial charge on any atom is 0.264 e. The van der Waals surface area contributed by atoms with Gasteiger partial charge in [0.05, 0.1) is 10.6 Å². The number of nitrogens with zero attached hydrogens (tertiary/aromatic N) is 5. The van der Waals surface area contributed by atoms with Gasteiger partial charge in [-0.25, -0.2) is 0 Å². The van der Waals surface area contributed by atoms with Crippen LogP contribution < -0.4 is 4.90 Å². The molecule has 0 unspecified atom stereocenters. The van der Waals surface area contributed by atoms with Gasteiger partial charge in [0.15, 0.2) is 5.82 Å². The number of aromatic nitrogens is 2. The molecule has 23 heavy (non-hydrogen) atoms. The summed E-state index contributed by atoms with van der Waals surface area (Å²) in [4.78, 5) is 17.0. The van der Waals surface area contributed by atoms with E-state index in [4.69, 9.17) is 0 Å². The fourth-order valence-corrected chi connectivity index (χ4v) is 3.32. The Morgan fingerprint density at radius 2 is 2.00 bits per heavy atom. The second kappa shape index (κ2) is 6.34. The van der Waals surface area contributed by atoms with Gasteiger partial charge in [0, 0.05) is 26.2 Å². The van der Waals surface area contributed by atoms with Crippen LogP contribution in [0.5, 0.6) is 0 Å². The molecule has 2 aromatic rings. The zero-order valence-corrected chi connectivity index (χ0v) is 13.9. The molecular formula is C16H17N5OS. The van der Waals surface area contributed by atoms with Crippen molar-refractivity contribution in [3.05, 3.63) is 39.2 Å². The molecule has 0 radical (unpaired) electrons. The van der Waals surface area contributed by atoms with E-state index in [0.717, 1.165) is 16.1 Å². The lowest BCUT2D eigenvalue weighted by Crippen LogP contribution is -2.49. The van der Waals surface area contributed by atoms with E-state index in [1.165, 1.54) is 11.3 Å². The number of hydrogen-bond donors (Lipinski definition) is 0. The van der Waals surface area contributed by atoms with Gasteiger partial charge in [-0.15, -0.1) is 16.4 Å². The summed E-state index contributed by atoms with van der Waals surface area (Å²) in [5, 5.41) is 19.7. The maximum absolute atomic E-state index is 12.4. The first-order chi connectivity index (χ1) is 11.1. The number of amides is 1. The number of rotatable bonds is 2. The molecule has 1 aliphatic rings. The summed E-state index contributed by atoms with van der Waals surface area (Å²) >= 11 is 1.46. The lowest BCUT2D eigenvalue weighted by atomic mass is 10.1. The van der Waals surface area contributed by atoms with E-state index >= 15 is 0 Å². The molecular weight excluding hydrogens is 310 g/mol. The second-order valence-corrected chi connectivity index (χ2v) is 6.43. The summed E-state index contributed by atoms with van der Waals surface area (Å²) in [6.07, 6.45) is 0. The molecule has 0 atom stereocenters. The summed E-state index contributed by atoms with van der Waals surface area (Å²) in [6, 6.07) is 5.97. The predicted molar refractivity (Wildman–Crippen MR) is 88.7 cm³/mol.